The number of rotatable bonds is 4. The summed E-state index contributed by atoms with van der Waals surface area (Å²) in [4.78, 5) is 17.6. The van der Waals surface area contributed by atoms with Crippen molar-refractivity contribution in [2.75, 3.05) is 38.0 Å². The van der Waals surface area contributed by atoms with Gasteiger partial charge in [0.05, 0.1) is 0 Å². The van der Waals surface area contributed by atoms with Gasteiger partial charge in [0.1, 0.15) is 13.0 Å². The van der Waals surface area contributed by atoms with Gasteiger partial charge in [-0.15, -0.1) is 11.3 Å². The van der Waals surface area contributed by atoms with Crippen LogP contribution in [-0.4, -0.2) is 47.3 Å². The van der Waals surface area contributed by atoms with Crippen LogP contribution in [0.15, 0.2) is 42.5 Å². The summed E-state index contributed by atoms with van der Waals surface area (Å²) in [5.41, 5.74) is 6.13. The van der Waals surface area contributed by atoms with Crippen molar-refractivity contribution in [3.8, 4) is 0 Å². The second-order valence-corrected chi connectivity index (χ2v) is 14.8. The highest BCUT2D eigenvalue weighted by molar-refractivity contribution is 7.14. The van der Waals surface area contributed by atoms with Crippen LogP contribution in [0.3, 0.4) is 0 Å². The number of fused-ring (bicyclic) bond motifs is 2. The Labute approximate surface area is 189 Å². The van der Waals surface area contributed by atoms with Crippen molar-refractivity contribution in [3.05, 3.63) is 68.9 Å². The molecule has 1 N–H and O–H groups in total. The average Bonchev–Trinajstić information content (AvgIpc) is 3.09. The van der Waals surface area contributed by atoms with Gasteiger partial charge in [0, 0.05) is 50.4 Å². The SMILES string of the molecule is Cc1cc(C(=O)O)sc1C1c2ccc(N(C)C)cc2[Si](C)(C)c2cc(N(C)C)ccc21. The van der Waals surface area contributed by atoms with Gasteiger partial charge in [0.2, 0.25) is 0 Å². The summed E-state index contributed by atoms with van der Waals surface area (Å²) in [5.74, 6) is -0.785. The Kier molecular flexibility index (Phi) is 5.26. The van der Waals surface area contributed by atoms with Crippen LogP contribution in [0.5, 0.6) is 0 Å². The zero-order valence-electron chi connectivity index (χ0n) is 19.3. The molecule has 162 valence electrons. The van der Waals surface area contributed by atoms with Crippen molar-refractivity contribution < 1.29 is 9.90 Å². The lowest BCUT2D eigenvalue weighted by molar-refractivity contribution is 0.0702. The van der Waals surface area contributed by atoms with Gasteiger partial charge in [0.25, 0.3) is 0 Å². The fourth-order valence-corrected chi connectivity index (χ4v) is 9.07. The summed E-state index contributed by atoms with van der Waals surface area (Å²) in [5, 5.41) is 12.5. The molecule has 0 unspecified atom stereocenters. The van der Waals surface area contributed by atoms with Gasteiger partial charge in [-0.25, -0.2) is 4.79 Å². The van der Waals surface area contributed by atoms with Crippen LogP contribution in [0.4, 0.5) is 11.4 Å². The Balaban J connectivity index is 2.04. The Morgan fingerprint density at radius 1 is 0.903 bits per heavy atom. The molecular weight excluding hydrogens is 420 g/mol. The number of thiophene rings is 1. The molecule has 0 saturated heterocycles. The number of aryl methyl sites for hydroxylation is 1. The van der Waals surface area contributed by atoms with Crippen molar-refractivity contribution in [1.29, 1.82) is 0 Å². The highest BCUT2D eigenvalue weighted by atomic mass is 32.1. The Morgan fingerprint density at radius 2 is 1.39 bits per heavy atom. The third kappa shape index (κ3) is 3.48. The molecule has 6 heteroatoms. The van der Waals surface area contributed by atoms with E-state index < -0.39 is 14.0 Å². The highest BCUT2D eigenvalue weighted by Crippen LogP contribution is 2.42. The molecule has 31 heavy (non-hydrogen) atoms. The first kappa shape index (κ1) is 21.7. The van der Waals surface area contributed by atoms with Crippen LogP contribution < -0.4 is 20.2 Å². The minimum atomic E-state index is -1.96. The molecule has 4 nitrogen and oxygen atoms in total. The van der Waals surface area contributed by atoms with E-state index in [2.05, 4.69) is 87.5 Å². The zero-order valence-corrected chi connectivity index (χ0v) is 21.1. The second kappa shape index (κ2) is 7.53. The van der Waals surface area contributed by atoms with Crippen LogP contribution >= 0.6 is 11.3 Å². The van der Waals surface area contributed by atoms with E-state index in [9.17, 15) is 9.90 Å². The van der Waals surface area contributed by atoms with Crippen LogP contribution in [0.1, 0.15) is 37.2 Å². The average molecular weight is 451 g/mol. The molecule has 1 aliphatic rings. The van der Waals surface area contributed by atoms with Gasteiger partial charge >= 0.3 is 5.97 Å². The normalized spacial score (nSPS) is 14.7. The summed E-state index contributed by atoms with van der Waals surface area (Å²) in [6.45, 7) is 6.91. The molecule has 0 spiro atoms. The summed E-state index contributed by atoms with van der Waals surface area (Å²) in [6.07, 6.45) is 0. The minimum Gasteiger partial charge on any atom is -0.477 e. The largest absolute Gasteiger partial charge is 0.477 e. The quantitative estimate of drug-likeness (QED) is 0.605. The van der Waals surface area contributed by atoms with E-state index in [1.54, 1.807) is 0 Å². The molecule has 1 aromatic heterocycles. The third-order valence-corrected chi connectivity index (χ3v) is 11.4. The van der Waals surface area contributed by atoms with E-state index in [0.29, 0.717) is 4.88 Å². The third-order valence-electron chi connectivity index (χ3n) is 6.50. The first-order valence-corrected chi connectivity index (χ1v) is 14.3. The maximum atomic E-state index is 11.7. The molecule has 0 radical (unpaired) electrons. The van der Waals surface area contributed by atoms with E-state index in [1.807, 2.05) is 13.0 Å². The van der Waals surface area contributed by atoms with Crippen LogP contribution in [-0.2, 0) is 0 Å². The molecule has 1 aliphatic heterocycles. The Bertz CT molecular complexity index is 1120. The minimum absolute atomic E-state index is 0.0658. The van der Waals surface area contributed by atoms with Crippen LogP contribution in [0, 0.1) is 6.92 Å². The second-order valence-electron chi connectivity index (χ2n) is 9.35. The smallest absolute Gasteiger partial charge is 0.345 e. The van der Waals surface area contributed by atoms with E-state index in [0.717, 1.165) is 10.4 Å². The van der Waals surface area contributed by atoms with Gasteiger partial charge in [-0.1, -0.05) is 25.2 Å². The monoisotopic (exact) mass is 450 g/mol. The topological polar surface area (TPSA) is 43.8 Å². The van der Waals surface area contributed by atoms with Crippen molar-refractivity contribution in [2.24, 2.45) is 0 Å². The molecule has 0 saturated carbocycles. The predicted molar refractivity (Wildman–Crippen MR) is 135 cm³/mol. The fourth-order valence-electron chi connectivity index (χ4n) is 4.71. The molecule has 0 fully saturated rings. The summed E-state index contributed by atoms with van der Waals surface area (Å²) < 4.78 is 0. The molecule has 0 atom stereocenters. The van der Waals surface area contributed by atoms with Gasteiger partial charge < -0.3 is 14.9 Å². The van der Waals surface area contributed by atoms with Crippen molar-refractivity contribution in [3.63, 3.8) is 0 Å². The lowest BCUT2D eigenvalue weighted by Gasteiger charge is -2.39. The van der Waals surface area contributed by atoms with Gasteiger partial charge in [-0.2, -0.15) is 0 Å². The maximum absolute atomic E-state index is 11.7. The van der Waals surface area contributed by atoms with E-state index in [4.69, 9.17) is 0 Å². The predicted octanol–water partition coefficient (Wildman–Crippen LogP) is 4.20. The van der Waals surface area contributed by atoms with Crippen LogP contribution in [0.2, 0.25) is 13.1 Å². The van der Waals surface area contributed by atoms with Crippen LogP contribution in [0.25, 0.3) is 0 Å². The molecular formula is C25H30N2O2SSi. The number of hydrogen-bond donors (Lipinski definition) is 1. The van der Waals surface area contributed by atoms with Gasteiger partial charge in [-0.3, -0.25) is 0 Å². The van der Waals surface area contributed by atoms with Crippen molar-refractivity contribution in [2.45, 2.75) is 25.9 Å². The van der Waals surface area contributed by atoms with E-state index in [1.165, 1.54) is 44.2 Å². The molecule has 0 amide bonds. The Morgan fingerprint density at radius 3 is 1.77 bits per heavy atom. The van der Waals surface area contributed by atoms with Crippen molar-refractivity contribution >= 4 is 47.1 Å². The maximum Gasteiger partial charge on any atom is 0.345 e. The van der Waals surface area contributed by atoms with Crippen molar-refractivity contribution in [1.82, 2.24) is 0 Å². The number of aromatic carboxylic acids is 1. The molecule has 3 aromatic rings. The lowest BCUT2D eigenvalue weighted by atomic mass is 9.87. The lowest BCUT2D eigenvalue weighted by Crippen LogP contribution is -2.59. The highest BCUT2D eigenvalue weighted by Gasteiger charge is 2.41. The fraction of sp³-hybridized carbons (Fsp3) is 0.320. The van der Waals surface area contributed by atoms with E-state index >= 15 is 0 Å². The number of nitrogens with zero attached hydrogens (tertiary/aromatic N) is 2. The number of carboxylic acid groups (broad SMARTS) is 1. The Hall–Kier alpha value is -2.57. The summed E-state index contributed by atoms with van der Waals surface area (Å²) in [7, 11) is 6.36. The van der Waals surface area contributed by atoms with Gasteiger partial charge in [0.15, 0.2) is 0 Å². The molecule has 2 aromatic carbocycles. The standard InChI is InChI=1S/C25H30N2O2SSi/c1-15-12-20(25(28)29)30-24(15)23-18-10-8-16(26(2)3)13-21(18)31(6,7)22-14-17(27(4)5)9-11-19(22)23/h8-14,23H,1-7H3,(H,28,29). The number of benzene rings is 2. The zero-order chi connectivity index (χ0) is 22.7. The number of carboxylic acids is 1. The summed E-state index contributed by atoms with van der Waals surface area (Å²) >= 11 is 1.42. The molecule has 4 rings (SSSR count). The number of anilines is 2. The first-order valence-electron chi connectivity index (χ1n) is 10.5. The number of carbonyl (C=O) groups is 1. The number of hydrogen-bond acceptors (Lipinski definition) is 4. The molecule has 0 aliphatic carbocycles. The van der Waals surface area contributed by atoms with Gasteiger partial charge in [-0.05, 0) is 64.3 Å². The van der Waals surface area contributed by atoms with E-state index in [-0.39, 0.29) is 5.92 Å². The first-order chi connectivity index (χ1) is 14.5. The molecule has 0 bridgehead atoms. The molecule has 2 heterocycles. The summed E-state index contributed by atoms with van der Waals surface area (Å²) in [6, 6.07) is 15.5.